The van der Waals surface area contributed by atoms with Crippen LogP contribution in [0.5, 0.6) is 0 Å². The first-order valence-corrected chi connectivity index (χ1v) is 3.62. The minimum atomic E-state index is -0.174. The molecule has 0 amide bonds. The first-order valence-electron chi connectivity index (χ1n) is 3.25. The summed E-state index contributed by atoms with van der Waals surface area (Å²) in [4.78, 5) is 0. The van der Waals surface area contributed by atoms with Crippen molar-refractivity contribution in [3.63, 3.8) is 0 Å². The van der Waals surface area contributed by atoms with E-state index in [1.807, 2.05) is 13.8 Å². The third kappa shape index (κ3) is 7.95. The van der Waals surface area contributed by atoms with Gasteiger partial charge in [0.1, 0.15) is 0 Å². The van der Waals surface area contributed by atoms with Crippen molar-refractivity contribution in [1.82, 2.24) is 5.32 Å². The minimum absolute atomic E-state index is 0.174. The van der Waals surface area contributed by atoms with Gasteiger partial charge < -0.3 is 11.1 Å². The molecule has 0 atom stereocenters. The molecule has 0 rings (SSSR count). The third-order valence-corrected chi connectivity index (χ3v) is 1.03. The van der Waals surface area contributed by atoms with E-state index in [2.05, 4.69) is 11.9 Å². The molecule has 0 aliphatic carbocycles. The standard InChI is InChI=1S/C7H15ClN2/c1-6(8)4-10-5-7(2,3)9/h10H,1,4-5,9H2,2-3H3. The Morgan fingerprint density at radius 2 is 2.20 bits per heavy atom. The van der Waals surface area contributed by atoms with Gasteiger partial charge in [0.05, 0.1) is 0 Å². The maximum Gasteiger partial charge on any atom is 0.0308 e. The normalized spacial score (nSPS) is 11.6. The van der Waals surface area contributed by atoms with Gasteiger partial charge in [-0.25, -0.2) is 0 Å². The van der Waals surface area contributed by atoms with Crippen LogP contribution in [0.4, 0.5) is 0 Å². The highest BCUT2D eigenvalue weighted by Gasteiger charge is 2.08. The zero-order valence-corrected chi connectivity index (χ0v) is 7.33. The van der Waals surface area contributed by atoms with Crippen molar-refractivity contribution >= 4 is 11.6 Å². The van der Waals surface area contributed by atoms with Gasteiger partial charge in [-0.2, -0.15) is 0 Å². The number of hydrogen-bond donors (Lipinski definition) is 2. The van der Waals surface area contributed by atoms with Crippen molar-refractivity contribution in [2.45, 2.75) is 19.4 Å². The molecule has 3 heteroatoms. The molecule has 0 aromatic rings. The Morgan fingerprint density at radius 3 is 2.50 bits per heavy atom. The lowest BCUT2D eigenvalue weighted by Crippen LogP contribution is -2.43. The summed E-state index contributed by atoms with van der Waals surface area (Å²) >= 11 is 5.51. The van der Waals surface area contributed by atoms with Gasteiger partial charge in [0, 0.05) is 23.7 Å². The van der Waals surface area contributed by atoms with Crippen LogP contribution >= 0.6 is 11.6 Å². The second-order valence-electron chi connectivity index (χ2n) is 3.11. The summed E-state index contributed by atoms with van der Waals surface area (Å²) in [6.45, 7) is 8.82. The van der Waals surface area contributed by atoms with Gasteiger partial charge in [-0.3, -0.25) is 0 Å². The minimum Gasteiger partial charge on any atom is -0.324 e. The molecule has 0 aliphatic heterocycles. The van der Waals surface area contributed by atoms with Crippen LogP contribution in [0.25, 0.3) is 0 Å². The average molecular weight is 163 g/mol. The molecule has 0 aromatic heterocycles. The average Bonchev–Trinajstić information content (AvgIpc) is 1.59. The second-order valence-corrected chi connectivity index (χ2v) is 3.64. The van der Waals surface area contributed by atoms with E-state index in [9.17, 15) is 0 Å². The summed E-state index contributed by atoms with van der Waals surface area (Å²) in [6, 6.07) is 0. The molecule has 2 nitrogen and oxygen atoms in total. The summed E-state index contributed by atoms with van der Waals surface area (Å²) in [5.41, 5.74) is 5.51. The first kappa shape index (κ1) is 9.95. The van der Waals surface area contributed by atoms with Gasteiger partial charge in [-0.1, -0.05) is 18.2 Å². The summed E-state index contributed by atoms with van der Waals surface area (Å²) in [5, 5.41) is 3.68. The molecule has 0 spiro atoms. The van der Waals surface area contributed by atoms with E-state index in [1.54, 1.807) is 0 Å². The van der Waals surface area contributed by atoms with Gasteiger partial charge >= 0.3 is 0 Å². The van der Waals surface area contributed by atoms with Gasteiger partial charge in [0.2, 0.25) is 0 Å². The third-order valence-electron chi connectivity index (χ3n) is 0.897. The van der Waals surface area contributed by atoms with Crippen LogP contribution in [0.15, 0.2) is 11.6 Å². The van der Waals surface area contributed by atoms with Crippen LogP contribution in [0, 0.1) is 0 Å². The van der Waals surface area contributed by atoms with E-state index in [0.717, 1.165) is 6.54 Å². The molecule has 0 unspecified atom stereocenters. The molecule has 0 saturated heterocycles. The van der Waals surface area contributed by atoms with Crippen LogP contribution < -0.4 is 11.1 Å². The van der Waals surface area contributed by atoms with E-state index >= 15 is 0 Å². The molecule has 60 valence electrons. The van der Waals surface area contributed by atoms with E-state index < -0.39 is 0 Å². The summed E-state index contributed by atoms with van der Waals surface area (Å²) < 4.78 is 0. The molecule has 0 bridgehead atoms. The van der Waals surface area contributed by atoms with Crippen molar-refractivity contribution in [3.8, 4) is 0 Å². The fourth-order valence-corrected chi connectivity index (χ4v) is 0.615. The number of halogens is 1. The first-order chi connectivity index (χ1) is 4.42. The van der Waals surface area contributed by atoms with E-state index in [4.69, 9.17) is 17.3 Å². The lowest BCUT2D eigenvalue weighted by Gasteiger charge is -2.18. The molecular weight excluding hydrogens is 148 g/mol. The zero-order chi connectivity index (χ0) is 8.20. The maximum absolute atomic E-state index is 5.69. The Morgan fingerprint density at radius 1 is 1.70 bits per heavy atom. The quantitative estimate of drug-likeness (QED) is 0.649. The van der Waals surface area contributed by atoms with Gasteiger partial charge in [-0.15, -0.1) is 0 Å². The number of hydrogen-bond acceptors (Lipinski definition) is 2. The molecule has 0 aromatic carbocycles. The summed E-state index contributed by atoms with van der Waals surface area (Å²) in [7, 11) is 0. The van der Waals surface area contributed by atoms with Crippen molar-refractivity contribution in [3.05, 3.63) is 11.6 Å². The fraction of sp³-hybridized carbons (Fsp3) is 0.714. The van der Waals surface area contributed by atoms with Crippen LogP contribution in [0.2, 0.25) is 0 Å². The SMILES string of the molecule is C=C(Cl)CNCC(C)(C)N. The highest BCUT2D eigenvalue weighted by Crippen LogP contribution is 1.95. The Balaban J connectivity index is 3.29. The summed E-state index contributed by atoms with van der Waals surface area (Å²) in [6.07, 6.45) is 0. The maximum atomic E-state index is 5.69. The van der Waals surface area contributed by atoms with Gasteiger partial charge in [0.25, 0.3) is 0 Å². The molecule has 3 N–H and O–H groups in total. The van der Waals surface area contributed by atoms with E-state index in [0.29, 0.717) is 11.6 Å². The molecule has 10 heavy (non-hydrogen) atoms. The summed E-state index contributed by atoms with van der Waals surface area (Å²) in [5.74, 6) is 0. The molecule has 0 saturated carbocycles. The van der Waals surface area contributed by atoms with Crippen LogP contribution in [-0.2, 0) is 0 Å². The lowest BCUT2D eigenvalue weighted by atomic mass is 10.1. The highest BCUT2D eigenvalue weighted by atomic mass is 35.5. The Hall–Kier alpha value is -0.0500. The van der Waals surface area contributed by atoms with Crippen LogP contribution in [0.1, 0.15) is 13.8 Å². The molecular formula is C7H15ClN2. The number of rotatable bonds is 4. The van der Waals surface area contributed by atoms with E-state index in [-0.39, 0.29) is 5.54 Å². The smallest absolute Gasteiger partial charge is 0.0308 e. The Labute approximate surface area is 67.4 Å². The Kier molecular flexibility index (Phi) is 3.94. The lowest BCUT2D eigenvalue weighted by molar-refractivity contribution is 0.480. The van der Waals surface area contributed by atoms with Crippen molar-refractivity contribution in [2.75, 3.05) is 13.1 Å². The molecule has 0 heterocycles. The second kappa shape index (κ2) is 3.96. The Bertz CT molecular complexity index is 115. The van der Waals surface area contributed by atoms with E-state index in [1.165, 1.54) is 0 Å². The molecule has 0 fully saturated rings. The number of nitrogens with two attached hydrogens (primary N) is 1. The highest BCUT2D eigenvalue weighted by molar-refractivity contribution is 6.29. The van der Waals surface area contributed by atoms with Crippen molar-refractivity contribution < 1.29 is 0 Å². The van der Waals surface area contributed by atoms with Crippen LogP contribution in [0.3, 0.4) is 0 Å². The largest absolute Gasteiger partial charge is 0.324 e. The predicted octanol–water partition coefficient (Wildman–Crippen LogP) is 1.07. The number of nitrogens with one attached hydrogen (secondary N) is 1. The van der Waals surface area contributed by atoms with Crippen molar-refractivity contribution in [1.29, 1.82) is 0 Å². The van der Waals surface area contributed by atoms with Crippen LogP contribution in [-0.4, -0.2) is 18.6 Å². The van der Waals surface area contributed by atoms with Gasteiger partial charge in [-0.05, 0) is 13.8 Å². The topological polar surface area (TPSA) is 38.0 Å². The zero-order valence-electron chi connectivity index (χ0n) is 6.58. The molecule has 0 radical (unpaired) electrons. The monoisotopic (exact) mass is 162 g/mol. The predicted molar refractivity (Wildman–Crippen MR) is 46.1 cm³/mol. The van der Waals surface area contributed by atoms with Gasteiger partial charge in [0.15, 0.2) is 0 Å². The molecule has 0 aliphatic rings. The fourth-order valence-electron chi connectivity index (χ4n) is 0.520. The van der Waals surface area contributed by atoms with Crippen molar-refractivity contribution in [2.24, 2.45) is 5.73 Å².